The Morgan fingerprint density at radius 3 is 1.98 bits per heavy atom. The smallest absolute Gasteiger partial charge is 0.410 e. The third-order valence-corrected chi connectivity index (χ3v) is 7.15. The van der Waals surface area contributed by atoms with Gasteiger partial charge in [-0.25, -0.2) is 4.79 Å². The van der Waals surface area contributed by atoms with Crippen molar-refractivity contribution in [1.29, 1.82) is 0 Å². The quantitative estimate of drug-likeness (QED) is 0.315. The first-order valence-corrected chi connectivity index (χ1v) is 14.5. The third-order valence-electron chi connectivity index (χ3n) is 7.15. The lowest BCUT2D eigenvalue weighted by molar-refractivity contribution is -0.137. The molecule has 4 rings (SSSR count). The van der Waals surface area contributed by atoms with E-state index in [2.05, 4.69) is 0 Å². The highest BCUT2D eigenvalue weighted by atomic mass is 16.6. The number of carbonyl (C=O) groups is 3. The molecule has 222 valence electrons. The van der Waals surface area contributed by atoms with Gasteiger partial charge >= 0.3 is 12.1 Å². The maximum Gasteiger partial charge on any atom is 0.410 e. The zero-order chi connectivity index (χ0) is 30.1. The van der Waals surface area contributed by atoms with Crippen LogP contribution in [-0.4, -0.2) is 64.2 Å². The highest BCUT2D eigenvalue weighted by molar-refractivity contribution is 5.78. The van der Waals surface area contributed by atoms with E-state index < -0.39 is 11.6 Å². The fourth-order valence-corrected chi connectivity index (χ4v) is 5.10. The zero-order valence-electron chi connectivity index (χ0n) is 24.6. The molecule has 0 saturated carbocycles. The Labute approximate surface area is 247 Å². The van der Waals surface area contributed by atoms with E-state index in [0.717, 1.165) is 16.7 Å². The molecule has 3 aromatic carbocycles. The monoisotopic (exact) mass is 572 g/mol. The molecule has 1 aliphatic heterocycles. The predicted molar refractivity (Wildman–Crippen MR) is 161 cm³/mol. The minimum absolute atomic E-state index is 0.0157. The number of carboxylic acids is 1. The Kier molecular flexibility index (Phi) is 10.2. The van der Waals surface area contributed by atoms with Gasteiger partial charge in [0.25, 0.3) is 0 Å². The standard InChI is InChI=1S/C34H40N2O6/c1-34(2,3)42-33(40)35-21-22-36(28(24-35)23-25-11-5-4-6-12-25)31(37)19-17-26-13-7-9-15-29(26)41-30-16-10-8-14-27(30)18-20-32(38)39/h4-16,28H,17-24H2,1-3H3,(H,38,39). The van der Waals surface area contributed by atoms with E-state index in [-0.39, 0.29) is 24.5 Å². The number of rotatable bonds is 10. The molecule has 0 aromatic heterocycles. The summed E-state index contributed by atoms with van der Waals surface area (Å²) in [5.41, 5.74) is 2.22. The highest BCUT2D eigenvalue weighted by Crippen LogP contribution is 2.30. The topological polar surface area (TPSA) is 96.4 Å². The minimum atomic E-state index is -0.860. The van der Waals surface area contributed by atoms with Gasteiger partial charge < -0.3 is 24.4 Å². The lowest BCUT2D eigenvalue weighted by atomic mass is 10.0. The van der Waals surface area contributed by atoms with Crippen molar-refractivity contribution in [3.05, 3.63) is 95.6 Å². The summed E-state index contributed by atoms with van der Waals surface area (Å²) >= 11 is 0. The molecular formula is C34H40N2O6. The molecule has 3 aromatic rings. The lowest BCUT2D eigenvalue weighted by Crippen LogP contribution is -2.57. The number of para-hydroxylation sites is 2. The van der Waals surface area contributed by atoms with Gasteiger partial charge in [-0.3, -0.25) is 9.59 Å². The van der Waals surface area contributed by atoms with Gasteiger partial charge in [0, 0.05) is 32.5 Å². The summed E-state index contributed by atoms with van der Waals surface area (Å²) in [4.78, 5) is 41.2. The minimum Gasteiger partial charge on any atom is -0.481 e. The summed E-state index contributed by atoms with van der Waals surface area (Å²) < 4.78 is 11.9. The molecule has 1 saturated heterocycles. The van der Waals surface area contributed by atoms with Crippen LogP contribution < -0.4 is 4.74 Å². The predicted octanol–water partition coefficient (Wildman–Crippen LogP) is 6.12. The molecule has 42 heavy (non-hydrogen) atoms. The number of piperazine rings is 1. The van der Waals surface area contributed by atoms with E-state index in [1.165, 1.54) is 0 Å². The SMILES string of the molecule is CC(C)(C)OC(=O)N1CCN(C(=O)CCc2ccccc2Oc2ccccc2CCC(=O)O)C(Cc2ccccc2)C1. The van der Waals surface area contributed by atoms with Crippen LogP contribution in [0.2, 0.25) is 0 Å². The largest absolute Gasteiger partial charge is 0.481 e. The number of nitrogens with zero attached hydrogens (tertiary/aromatic N) is 2. The molecular weight excluding hydrogens is 532 g/mol. The lowest BCUT2D eigenvalue weighted by Gasteiger charge is -2.42. The zero-order valence-corrected chi connectivity index (χ0v) is 24.6. The van der Waals surface area contributed by atoms with Crippen LogP contribution in [0.5, 0.6) is 11.5 Å². The number of carboxylic acid groups (broad SMARTS) is 1. The second kappa shape index (κ2) is 14.0. The van der Waals surface area contributed by atoms with Gasteiger partial charge in [0.1, 0.15) is 17.1 Å². The van der Waals surface area contributed by atoms with Gasteiger partial charge in [-0.05, 0) is 68.9 Å². The van der Waals surface area contributed by atoms with Gasteiger partial charge in [-0.2, -0.15) is 0 Å². The molecule has 1 fully saturated rings. The molecule has 1 unspecified atom stereocenters. The van der Waals surface area contributed by atoms with Crippen molar-refractivity contribution in [1.82, 2.24) is 9.80 Å². The first kappa shape index (κ1) is 30.6. The van der Waals surface area contributed by atoms with E-state index in [1.807, 2.05) is 105 Å². The first-order chi connectivity index (χ1) is 20.1. The van der Waals surface area contributed by atoms with Crippen LogP contribution in [0.15, 0.2) is 78.9 Å². The summed E-state index contributed by atoms with van der Waals surface area (Å²) in [6.45, 7) is 6.80. The van der Waals surface area contributed by atoms with Crippen LogP contribution in [-0.2, 0) is 33.6 Å². The van der Waals surface area contributed by atoms with Crippen molar-refractivity contribution in [3.8, 4) is 11.5 Å². The third kappa shape index (κ3) is 8.83. The van der Waals surface area contributed by atoms with E-state index >= 15 is 0 Å². The van der Waals surface area contributed by atoms with Crippen molar-refractivity contribution in [2.24, 2.45) is 0 Å². The summed E-state index contributed by atoms with van der Waals surface area (Å²) in [5.74, 6) is 0.417. The number of amides is 2. The molecule has 1 heterocycles. The molecule has 0 radical (unpaired) electrons. The van der Waals surface area contributed by atoms with Crippen molar-refractivity contribution in [2.45, 2.75) is 64.5 Å². The summed E-state index contributed by atoms with van der Waals surface area (Å²) in [6, 6.07) is 24.9. The summed E-state index contributed by atoms with van der Waals surface area (Å²) in [6.07, 6.45) is 1.43. The molecule has 1 atom stereocenters. The first-order valence-electron chi connectivity index (χ1n) is 14.5. The van der Waals surface area contributed by atoms with Crippen LogP contribution in [0, 0.1) is 0 Å². The van der Waals surface area contributed by atoms with Crippen LogP contribution in [0.1, 0.15) is 50.3 Å². The van der Waals surface area contributed by atoms with Gasteiger partial charge in [0.15, 0.2) is 0 Å². The number of benzene rings is 3. The number of carbonyl (C=O) groups excluding carboxylic acids is 2. The van der Waals surface area contributed by atoms with E-state index in [4.69, 9.17) is 14.6 Å². The maximum atomic E-state index is 13.6. The van der Waals surface area contributed by atoms with E-state index in [9.17, 15) is 14.4 Å². The molecule has 0 bridgehead atoms. The molecule has 1 N–H and O–H groups in total. The van der Waals surface area contributed by atoms with Crippen molar-refractivity contribution in [2.75, 3.05) is 19.6 Å². The Bertz CT molecular complexity index is 1370. The average Bonchev–Trinajstić information content (AvgIpc) is 2.95. The molecule has 0 aliphatic carbocycles. The van der Waals surface area contributed by atoms with Crippen LogP contribution in [0.3, 0.4) is 0 Å². The van der Waals surface area contributed by atoms with E-state index in [1.54, 1.807) is 4.90 Å². The Hall–Kier alpha value is -4.33. The van der Waals surface area contributed by atoms with Crippen molar-refractivity contribution >= 4 is 18.0 Å². The van der Waals surface area contributed by atoms with E-state index in [0.29, 0.717) is 56.8 Å². The van der Waals surface area contributed by atoms with Gasteiger partial charge in [-0.1, -0.05) is 66.7 Å². The average molecular weight is 573 g/mol. The Morgan fingerprint density at radius 1 is 0.810 bits per heavy atom. The van der Waals surface area contributed by atoms with Crippen LogP contribution >= 0.6 is 0 Å². The molecule has 8 heteroatoms. The molecule has 2 amide bonds. The highest BCUT2D eigenvalue weighted by Gasteiger charge is 2.34. The summed E-state index contributed by atoms with van der Waals surface area (Å²) in [5, 5.41) is 9.11. The Balaban J connectivity index is 1.45. The van der Waals surface area contributed by atoms with Crippen LogP contribution in [0.25, 0.3) is 0 Å². The second-order valence-corrected chi connectivity index (χ2v) is 11.6. The molecule has 0 spiro atoms. The van der Waals surface area contributed by atoms with Crippen molar-refractivity contribution < 1.29 is 29.0 Å². The molecule has 1 aliphatic rings. The second-order valence-electron chi connectivity index (χ2n) is 11.6. The normalized spacial score (nSPS) is 15.3. The number of ether oxygens (including phenoxy) is 2. The maximum absolute atomic E-state index is 13.6. The Morgan fingerprint density at radius 2 is 1.38 bits per heavy atom. The number of hydrogen-bond acceptors (Lipinski definition) is 5. The van der Waals surface area contributed by atoms with Gasteiger partial charge in [0.2, 0.25) is 5.91 Å². The fraction of sp³-hybridized carbons (Fsp3) is 0.382. The molecule has 8 nitrogen and oxygen atoms in total. The van der Waals surface area contributed by atoms with Crippen molar-refractivity contribution in [3.63, 3.8) is 0 Å². The van der Waals surface area contributed by atoms with Crippen LogP contribution in [0.4, 0.5) is 4.79 Å². The number of aliphatic carboxylic acids is 1. The number of aryl methyl sites for hydroxylation is 2. The number of hydrogen-bond donors (Lipinski definition) is 1. The van der Waals surface area contributed by atoms with Gasteiger partial charge in [-0.15, -0.1) is 0 Å². The van der Waals surface area contributed by atoms with Gasteiger partial charge in [0.05, 0.1) is 6.04 Å². The fourth-order valence-electron chi connectivity index (χ4n) is 5.10. The summed E-state index contributed by atoms with van der Waals surface area (Å²) in [7, 11) is 0.